The number of nitrogens with zero attached hydrogens (tertiary/aromatic N) is 6. The lowest BCUT2D eigenvalue weighted by Crippen LogP contribution is -2.36. The molecule has 352 valence electrons. The highest BCUT2D eigenvalue weighted by Gasteiger charge is 2.26. The fraction of sp³-hybridized carbons (Fsp3) is 0.241. The molecule has 4 aromatic carbocycles. The Balaban J connectivity index is 0.000000172. The monoisotopic (exact) mass is 949 g/mol. The Kier molecular flexibility index (Phi) is 14.2. The van der Waals surface area contributed by atoms with Crippen LogP contribution in [0.5, 0.6) is 0 Å². The third-order valence-electron chi connectivity index (χ3n) is 12.4. The predicted molar refractivity (Wildman–Crippen MR) is 266 cm³/mol. The number of morpholine rings is 2. The zero-order chi connectivity index (χ0) is 48.2. The molecule has 0 radical (unpaired) electrons. The number of fused-ring (bicyclic) bond motifs is 2. The molecular formula is C54H50ClF2N7O5. The number of aliphatic hydroxyl groups is 2. The summed E-state index contributed by atoms with van der Waals surface area (Å²) in [7, 11) is 0. The van der Waals surface area contributed by atoms with Gasteiger partial charge < -0.3 is 34.8 Å². The van der Waals surface area contributed by atoms with Crippen molar-refractivity contribution in [2.75, 3.05) is 67.7 Å². The summed E-state index contributed by atoms with van der Waals surface area (Å²) in [6.07, 6.45) is 1.32. The van der Waals surface area contributed by atoms with Gasteiger partial charge in [0.15, 0.2) is 0 Å². The first-order valence-corrected chi connectivity index (χ1v) is 23.1. The molecule has 8 aromatic rings. The fourth-order valence-electron chi connectivity index (χ4n) is 9.09. The number of aromatic nitrogens is 4. The largest absolute Gasteiger partial charge is 0.384 e. The van der Waals surface area contributed by atoms with Crippen LogP contribution in [0.2, 0.25) is 5.02 Å². The van der Waals surface area contributed by atoms with E-state index in [0.717, 1.165) is 35.6 Å². The molecule has 2 saturated heterocycles. The summed E-state index contributed by atoms with van der Waals surface area (Å²) in [5, 5.41) is 28.1. The van der Waals surface area contributed by atoms with Crippen molar-refractivity contribution in [1.29, 1.82) is 0 Å². The van der Waals surface area contributed by atoms with Crippen LogP contribution in [0.4, 0.5) is 25.8 Å². The minimum atomic E-state index is -1.06. The molecule has 1 amide bonds. The first-order valence-electron chi connectivity index (χ1n) is 22.7. The molecule has 2 aliphatic rings. The number of amides is 1. The van der Waals surface area contributed by atoms with Gasteiger partial charge in [-0.05, 0) is 132 Å². The molecule has 0 spiro atoms. The zero-order valence-electron chi connectivity index (χ0n) is 38.3. The number of carbonyl (C=O) groups excluding carboxylic acids is 1. The Hall–Kier alpha value is -6.94. The van der Waals surface area contributed by atoms with Crippen molar-refractivity contribution in [2.45, 2.75) is 33.0 Å². The van der Waals surface area contributed by atoms with Gasteiger partial charge in [-0.15, -0.1) is 0 Å². The second kappa shape index (κ2) is 20.7. The number of anilines is 3. The Bertz CT molecular complexity index is 3160. The van der Waals surface area contributed by atoms with E-state index >= 15 is 0 Å². The minimum Gasteiger partial charge on any atom is -0.384 e. The smallest absolute Gasteiger partial charge is 0.221 e. The standard InChI is InChI=1S/C28H27FN4O3.C26H23ClFN3O2/c1-17-26(23-7-6-20(29)15-25(23)32-27(17)24-5-3-4-8-30-24)28(35)19-13-21(31-18(2)34)16-22(14-19)33-9-11-36-12-10-33;1-16-24(26(32)17-12-18(27)14-20(13-17)31-8-10-33-11-9-31)21-6-5-19(28)15-23(21)30-25(16)22-4-2-3-7-29-22/h3-8,13-16,28,35H,9-12H2,1-2H3,(H,31,34);2-7,12-15,26,32H,8-11H2,1H3. The van der Waals surface area contributed by atoms with Crippen LogP contribution in [-0.2, 0) is 14.3 Å². The molecule has 2 atom stereocenters. The molecule has 15 heteroatoms. The molecule has 3 N–H and O–H groups in total. The van der Waals surface area contributed by atoms with Crippen LogP contribution in [0.15, 0.2) is 122 Å². The van der Waals surface area contributed by atoms with Gasteiger partial charge in [-0.2, -0.15) is 0 Å². The first-order chi connectivity index (χ1) is 33.4. The zero-order valence-corrected chi connectivity index (χ0v) is 39.1. The maximum absolute atomic E-state index is 14.2. The Labute approximate surface area is 403 Å². The van der Waals surface area contributed by atoms with Crippen LogP contribution in [-0.4, -0.2) is 88.7 Å². The summed E-state index contributed by atoms with van der Waals surface area (Å²) in [4.78, 5) is 34.5. The third-order valence-corrected chi connectivity index (χ3v) is 12.6. The van der Waals surface area contributed by atoms with Crippen LogP contribution in [0, 0.1) is 25.5 Å². The van der Waals surface area contributed by atoms with Gasteiger partial charge in [-0.3, -0.25) is 14.8 Å². The Morgan fingerprint density at radius 1 is 0.638 bits per heavy atom. The molecule has 4 aromatic heterocycles. The fourth-order valence-corrected chi connectivity index (χ4v) is 9.33. The van der Waals surface area contributed by atoms with Crippen LogP contribution in [0.1, 0.15) is 52.5 Å². The number of nitrogens with one attached hydrogen (secondary N) is 1. The van der Waals surface area contributed by atoms with E-state index in [1.165, 1.54) is 31.2 Å². The number of rotatable bonds is 9. The summed E-state index contributed by atoms with van der Waals surface area (Å²) in [6, 6.07) is 31.1. The second-order valence-electron chi connectivity index (χ2n) is 17.0. The van der Waals surface area contributed by atoms with Gasteiger partial charge in [0.2, 0.25) is 5.91 Å². The summed E-state index contributed by atoms with van der Waals surface area (Å²) in [6.45, 7) is 10.7. The maximum atomic E-state index is 14.2. The molecule has 0 bridgehead atoms. The predicted octanol–water partition coefficient (Wildman–Crippen LogP) is 9.94. The van der Waals surface area contributed by atoms with Gasteiger partial charge >= 0.3 is 0 Å². The maximum Gasteiger partial charge on any atom is 0.221 e. The molecular weight excluding hydrogens is 900 g/mol. The molecule has 2 aliphatic heterocycles. The van der Waals surface area contributed by atoms with Crippen LogP contribution in [0.3, 0.4) is 0 Å². The van der Waals surface area contributed by atoms with Gasteiger partial charge in [-0.1, -0.05) is 23.7 Å². The number of carbonyl (C=O) groups is 1. The van der Waals surface area contributed by atoms with E-state index in [0.29, 0.717) is 117 Å². The quantitative estimate of drug-likeness (QED) is 0.127. The van der Waals surface area contributed by atoms with E-state index in [9.17, 15) is 23.8 Å². The number of pyridine rings is 4. The number of ether oxygens (including phenoxy) is 2. The Morgan fingerprint density at radius 2 is 1.10 bits per heavy atom. The van der Waals surface area contributed by atoms with Crippen LogP contribution >= 0.6 is 11.6 Å². The van der Waals surface area contributed by atoms with E-state index in [2.05, 4.69) is 30.1 Å². The lowest BCUT2D eigenvalue weighted by atomic mass is 9.91. The van der Waals surface area contributed by atoms with Crippen molar-refractivity contribution in [3.63, 3.8) is 0 Å². The number of benzene rings is 4. The molecule has 6 heterocycles. The molecule has 0 saturated carbocycles. The van der Waals surface area contributed by atoms with Gasteiger partial charge in [0.05, 0.1) is 60.2 Å². The van der Waals surface area contributed by atoms with E-state index in [-0.39, 0.29) is 11.7 Å². The van der Waals surface area contributed by atoms with Gasteiger partial charge in [-0.25, -0.2) is 18.7 Å². The number of halogens is 3. The van der Waals surface area contributed by atoms with Crippen LogP contribution < -0.4 is 15.1 Å². The van der Waals surface area contributed by atoms with Crippen molar-refractivity contribution in [3.05, 3.63) is 172 Å². The summed E-state index contributed by atoms with van der Waals surface area (Å²) in [5.41, 5.74) is 9.87. The lowest BCUT2D eigenvalue weighted by Gasteiger charge is -2.30. The number of hydrogen-bond donors (Lipinski definition) is 3. The van der Waals surface area contributed by atoms with E-state index in [4.69, 9.17) is 26.1 Å². The molecule has 2 fully saturated rings. The number of hydrogen-bond acceptors (Lipinski definition) is 11. The summed E-state index contributed by atoms with van der Waals surface area (Å²) in [5.74, 6) is -0.995. The lowest BCUT2D eigenvalue weighted by molar-refractivity contribution is -0.114. The average molecular weight is 950 g/mol. The van der Waals surface area contributed by atoms with Crippen molar-refractivity contribution < 1.29 is 33.3 Å². The van der Waals surface area contributed by atoms with Gasteiger partial charge in [0, 0.05) is 90.5 Å². The van der Waals surface area contributed by atoms with Crippen molar-refractivity contribution in [3.8, 4) is 22.8 Å². The SMILES string of the molecule is CC(=O)Nc1cc(C(O)c2c(C)c(-c3ccccn3)nc3cc(F)ccc23)cc(N2CCOCC2)c1.Cc1c(-c2ccccn2)nc2cc(F)ccc2c1C(O)c1cc(Cl)cc(N2CCOCC2)c1. The van der Waals surface area contributed by atoms with Crippen molar-refractivity contribution in [2.24, 2.45) is 0 Å². The normalized spacial score (nSPS) is 14.8. The third kappa shape index (κ3) is 10.4. The summed E-state index contributed by atoms with van der Waals surface area (Å²) >= 11 is 6.47. The van der Waals surface area contributed by atoms with Crippen LogP contribution in [0.25, 0.3) is 44.6 Å². The highest BCUT2D eigenvalue weighted by atomic mass is 35.5. The molecule has 0 aliphatic carbocycles. The first kappa shape index (κ1) is 47.1. The van der Waals surface area contributed by atoms with E-state index in [1.54, 1.807) is 36.7 Å². The second-order valence-corrected chi connectivity index (χ2v) is 17.4. The minimum absolute atomic E-state index is 0.201. The van der Waals surface area contributed by atoms with Gasteiger partial charge in [0.1, 0.15) is 23.8 Å². The highest BCUT2D eigenvalue weighted by Crippen LogP contribution is 2.40. The van der Waals surface area contributed by atoms with Crippen molar-refractivity contribution >= 4 is 56.4 Å². The Morgan fingerprint density at radius 3 is 1.55 bits per heavy atom. The molecule has 10 rings (SSSR count). The van der Waals surface area contributed by atoms with E-state index in [1.807, 2.05) is 74.5 Å². The molecule has 69 heavy (non-hydrogen) atoms. The van der Waals surface area contributed by atoms with Gasteiger partial charge in [0.25, 0.3) is 0 Å². The topological polar surface area (TPSA) is 146 Å². The molecule has 12 nitrogen and oxygen atoms in total. The highest BCUT2D eigenvalue weighted by molar-refractivity contribution is 6.31. The van der Waals surface area contributed by atoms with Crippen molar-refractivity contribution in [1.82, 2.24) is 19.9 Å². The number of aliphatic hydroxyl groups excluding tert-OH is 2. The summed E-state index contributed by atoms with van der Waals surface area (Å²) < 4.78 is 39.2. The average Bonchev–Trinajstić information content (AvgIpc) is 3.36. The molecule has 2 unspecified atom stereocenters. The van der Waals surface area contributed by atoms with E-state index < -0.39 is 18.0 Å².